The Balaban J connectivity index is 0.00000216. The highest BCUT2D eigenvalue weighted by molar-refractivity contribution is 5.95. The van der Waals surface area contributed by atoms with Crippen LogP contribution in [-0.4, -0.2) is 83.6 Å². The molecule has 0 spiro atoms. The molecule has 0 radical (unpaired) electrons. The minimum absolute atomic E-state index is 0. The first-order chi connectivity index (χ1) is 16.0. The lowest BCUT2D eigenvalue weighted by Gasteiger charge is -2.47. The minimum Gasteiger partial charge on any atom is -0.480 e. The van der Waals surface area contributed by atoms with Crippen LogP contribution in [0.1, 0.15) is 24.1 Å². The van der Waals surface area contributed by atoms with Crippen LogP contribution in [0.15, 0.2) is 48.7 Å². The van der Waals surface area contributed by atoms with Crippen LogP contribution in [0.2, 0.25) is 0 Å². The lowest BCUT2D eigenvalue weighted by atomic mass is 9.86. The molecule has 2 atom stereocenters. The fourth-order valence-electron chi connectivity index (χ4n) is 5.24. The van der Waals surface area contributed by atoms with Crippen LogP contribution in [0, 0.1) is 11.3 Å². The van der Waals surface area contributed by atoms with Crippen molar-refractivity contribution < 1.29 is 9.90 Å². The number of likely N-dealkylation sites (tertiary alicyclic amines) is 1. The molecule has 1 aromatic heterocycles. The predicted molar refractivity (Wildman–Crippen MR) is 144 cm³/mol. The molecule has 4 rings (SSSR count). The van der Waals surface area contributed by atoms with Gasteiger partial charge in [0.25, 0.3) is 0 Å². The van der Waals surface area contributed by atoms with Gasteiger partial charge in [-0.2, -0.15) is 0 Å². The normalized spacial score (nSPS) is 21.0. The number of benzene rings is 1. The number of amidine groups is 1. The molecule has 1 aromatic carbocycles. The second kappa shape index (κ2) is 13.6. The Morgan fingerprint density at radius 1 is 1.06 bits per heavy atom. The van der Waals surface area contributed by atoms with E-state index in [0.717, 1.165) is 69.8 Å². The van der Waals surface area contributed by atoms with Crippen molar-refractivity contribution in [2.45, 2.75) is 25.3 Å². The van der Waals surface area contributed by atoms with Crippen LogP contribution in [-0.2, 0) is 11.2 Å². The molecule has 4 N–H and O–H groups in total. The number of nitrogen functional groups attached to an aromatic ring is 1. The first kappa shape index (κ1) is 28.8. The Bertz CT molecular complexity index is 939. The quantitative estimate of drug-likeness (QED) is 0.361. The number of anilines is 1. The van der Waals surface area contributed by atoms with E-state index in [0.29, 0.717) is 12.0 Å². The first-order valence-electron chi connectivity index (χ1n) is 11.8. The molecule has 2 fully saturated rings. The standard InChI is InChI=1S/C25H34N6O2.2ClH/c26-25(27)19-5-8-22(9-6-19)30-13-15-31(16-14-30)23-10-12-29(18-24(32)33)17-20(23)4-7-21-3-1-2-11-28-21;;/h1-3,5-6,8-9,11,20,23H,4,7,10,12-18H2,(H3,26,27)(H,32,33);2*1H. The summed E-state index contributed by atoms with van der Waals surface area (Å²) in [5, 5.41) is 16.8. The SMILES string of the molecule is Cl.Cl.N=C(N)c1ccc(N2CCN(C3CCN(CC(=O)O)CC3CCc3ccccn3)CC2)cc1. The molecule has 2 saturated heterocycles. The smallest absolute Gasteiger partial charge is 0.317 e. The molecular weight excluding hydrogens is 487 g/mol. The summed E-state index contributed by atoms with van der Waals surface area (Å²) in [6.07, 6.45) is 4.79. The number of carbonyl (C=O) groups is 1. The number of nitrogens with two attached hydrogens (primary N) is 1. The number of aromatic nitrogens is 1. The van der Waals surface area contributed by atoms with Gasteiger partial charge in [0.1, 0.15) is 5.84 Å². The van der Waals surface area contributed by atoms with Gasteiger partial charge < -0.3 is 15.7 Å². The molecule has 0 bridgehead atoms. The van der Waals surface area contributed by atoms with Crippen molar-refractivity contribution in [2.24, 2.45) is 11.7 Å². The largest absolute Gasteiger partial charge is 0.480 e. The van der Waals surface area contributed by atoms with Crippen LogP contribution < -0.4 is 10.6 Å². The summed E-state index contributed by atoms with van der Waals surface area (Å²) in [5.41, 5.74) is 8.60. The topological polar surface area (TPSA) is 110 Å². The van der Waals surface area contributed by atoms with Gasteiger partial charge in [0.05, 0.1) is 6.54 Å². The molecular formula is C25H36Cl2N6O2. The van der Waals surface area contributed by atoms with Crippen molar-refractivity contribution in [3.05, 3.63) is 59.9 Å². The van der Waals surface area contributed by atoms with Crippen LogP contribution in [0.3, 0.4) is 0 Å². The summed E-state index contributed by atoms with van der Waals surface area (Å²) < 4.78 is 0. The van der Waals surface area contributed by atoms with Gasteiger partial charge in [-0.3, -0.25) is 25.0 Å². The first-order valence-corrected chi connectivity index (χ1v) is 11.8. The Kier molecular flexibility index (Phi) is 11.2. The number of aliphatic carboxylic acids is 1. The number of aryl methyl sites for hydroxylation is 1. The van der Waals surface area contributed by atoms with Crippen molar-refractivity contribution in [3.63, 3.8) is 0 Å². The molecule has 35 heavy (non-hydrogen) atoms. The van der Waals surface area contributed by atoms with Gasteiger partial charge in [0.2, 0.25) is 0 Å². The number of hydrogen-bond acceptors (Lipinski definition) is 6. The zero-order valence-corrected chi connectivity index (χ0v) is 21.5. The third-order valence-corrected chi connectivity index (χ3v) is 6.96. The maximum atomic E-state index is 11.3. The number of piperidine rings is 1. The summed E-state index contributed by atoms with van der Waals surface area (Å²) in [6.45, 7) is 5.71. The Morgan fingerprint density at radius 2 is 1.77 bits per heavy atom. The minimum atomic E-state index is -0.749. The number of carboxylic acids is 1. The van der Waals surface area contributed by atoms with E-state index in [1.807, 2.05) is 42.6 Å². The van der Waals surface area contributed by atoms with E-state index < -0.39 is 5.97 Å². The number of hydrogen-bond donors (Lipinski definition) is 3. The van der Waals surface area contributed by atoms with E-state index in [2.05, 4.69) is 25.8 Å². The van der Waals surface area contributed by atoms with E-state index in [9.17, 15) is 9.90 Å². The molecule has 3 heterocycles. The van der Waals surface area contributed by atoms with Crippen molar-refractivity contribution in [1.82, 2.24) is 14.8 Å². The molecule has 0 aliphatic carbocycles. The molecule has 8 nitrogen and oxygen atoms in total. The van der Waals surface area contributed by atoms with E-state index >= 15 is 0 Å². The molecule has 192 valence electrons. The predicted octanol–water partition coefficient (Wildman–Crippen LogP) is 2.74. The van der Waals surface area contributed by atoms with Gasteiger partial charge in [-0.1, -0.05) is 6.07 Å². The van der Waals surface area contributed by atoms with Crippen LogP contribution >= 0.6 is 24.8 Å². The Labute approximate surface area is 219 Å². The van der Waals surface area contributed by atoms with Crippen molar-refractivity contribution in [2.75, 3.05) is 50.7 Å². The molecule has 0 amide bonds. The van der Waals surface area contributed by atoms with Crippen LogP contribution in [0.4, 0.5) is 5.69 Å². The van der Waals surface area contributed by atoms with Gasteiger partial charge in [-0.25, -0.2) is 0 Å². The van der Waals surface area contributed by atoms with E-state index in [4.69, 9.17) is 11.1 Å². The summed E-state index contributed by atoms with van der Waals surface area (Å²) in [6, 6.07) is 14.4. The highest BCUT2D eigenvalue weighted by Crippen LogP contribution is 2.28. The van der Waals surface area contributed by atoms with E-state index in [-0.39, 0.29) is 37.2 Å². The number of pyridine rings is 1. The lowest BCUT2D eigenvalue weighted by molar-refractivity contribution is -0.139. The van der Waals surface area contributed by atoms with Crippen LogP contribution in [0.25, 0.3) is 0 Å². The van der Waals surface area contributed by atoms with Gasteiger partial charge in [-0.05, 0) is 61.6 Å². The monoisotopic (exact) mass is 522 g/mol. The molecule has 10 heteroatoms. The number of halogens is 2. The van der Waals surface area contributed by atoms with Gasteiger partial charge in [0.15, 0.2) is 0 Å². The fourth-order valence-corrected chi connectivity index (χ4v) is 5.24. The zero-order chi connectivity index (χ0) is 23.2. The highest BCUT2D eigenvalue weighted by atomic mass is 35.5. The summed E-state index contributed by atoms with van der Waals surface area (Å²) >= 11 is 0. The molecule has 2 aromatic rings. The van der Waals surface area contributed by atoms with E-state index in [1.165, 1.54) is 5.69 Å². The third-order valence-electron chi connectivity index (χ3n) is 6.96. The van der Waals surface area contributed by atoms with Gasteiger partial charge in [-0.15, -0.1) is 24.8 Å². The number of nitrogens with zero attached hydrogens (tertiary/aromatic N) is 4. The van der Waals surface area contributed by atoms with Crippen molar-refractivity contribution >= 4 is 42.3 Å². The number of piperazine rings is 1. The zero-order valence-electron chi connectivity index (χ0n) is 19.9. The van der Waals surface area contributed by atoms with Crippen LogP contribution in [0.5, 0.6) is 0 Å². The number of rotatable bonds is 8. The number of carboxylic acid groups (broad SMARTS) is 1. The summed E-state index contributed by atoms with van der Waals surface area (Å²) in [7, 11) is 0. The second-order valence-corrected chi connectivity index (χ2v) is 9.09. The van der Waals surface area contributed by atoms with Crippen molar-refractivity contribution in [3.8, 4) is 0 Å². The molecule has 2 unspecified atom stereocenters. The maximum Gasteiger partial charge on any atom is 0.317 e. The summed E-state index contributed by atoms with van der Waals surface area (Å²) in [5.74, 6) is -0.222. The molecule has 2 aliphatic heterocycles. The summed E-state index contributed by atoms with van der Waals surface area (Å²) in [4.78, 5) is 22.9. The molecule has 2 aliphatic rings. The number of nitrogens with one attached hydrogen (secondary N) is 1. The maximum absolute atomic E-state index is 11.3. The molecule has 0 saturated carbocycles. The van der Waals surface area contributed by atoms with Gasteiger partial charge in [0, 0.05) is 68.5 Å². The third kappa shape index (κ3) is 7.80. The average Bonchev–Trinajstić information content (AvgIpc) is 2.83. The van der Waals surface area contributed by atoms with E-state index in [1.54, 1.807) is 0 Å². The lowest BCUT2D eigenvalue weighted by Crippen LogP contribution is -2.57. The highest BCUT2D eigenvalue weighted by Gasteiger charge is 2.35. The fraction of sp³-hybridized carbons (Fsp3) is 0.480. The second-order valence-electron chi connectivity index (χ2n) is 9.09. The Morgan fingerprint density at radius 3 is 2.37 bits per heavy atom. The Hall–Kier alpha value is -2.39. The van der Waals surface area contributed by atoms with Crippen molar-refractivity contribution in [1.29, 1.82) is 5.41 Å². The van der Waals surface area contributed by atoms with Gasteiger partial charge >= 0.3 is 5.97 Å². The average molecular weight is 524 g/mol.